The molecule has 2 nitrogen and oxygen atoms in total. The van der Waals surface area contributed by atoms with Gasteiger partial charge in [-0.1, -0.05) is 31.4 Å². The maximum atomic E-state index is 13.8. The number of hydrogen-bond donors (Lipinski definition) is 0. The van der Waals surface area contributed by atoms with E-state index in [2.05, 4.69) is 6.92 Å². The molecule has 0 spiro atoms. The first-order valence-electron chi connectivity index (χ1n) is 7.67. The van der Waals surface area contributed by atoms with Crippen LogP contribution < -0.4 is 0 Å². The van der Waals surface area contributed by atoms with Gasteiger partial charge in [0.25, 0.3) is 5.91 Å². The molecule has 0 bridgehead atoms. The maximum Gasteiger partial charge on any atom is 0.256 e. The van der Waals surface area contributed by atoms with Gasteiger partial charge in [-0.15, -0.1) is 0 Å². The molecule has 1 aromatic rings. The van der Waals surface area contributed by atoms with E-state index in [1.54, 1.807) is 12.1 Å². The highest BCUT2D eigenvalue weighted by Crippen LogP contribution is 2.23. The minimum absolute atomic E-state index is 0.150. The molecule has 1 aromatic carbocycles. The van der Waals surface area contributed by atoms with E-state index in [0.717, 1.165) is 37.4 Å². The third-order valence-electron chi connectivity index (χ3n) is 4.18. The van der Waals surface area contributed by atoms with Gasteiger partial charge in [-0.3, -0.25) is 4.79 Å². The van der Waals surface area contributed by atoms with Gasteiger partial charge in [-0.2, -0.15) is 0 Å². The van der Waals surface area contributed by atoms with Crippen LogP contribution in [-0.4, -0.2) is 23.9 Å². The van der Waals surface area contributed by atoms with Crippen LogP contribution in [0.5, 0.6) is 0 Å². The number of nitrogens with zero attached hydrogens (tertiary/aromatic N) is 1. The van der Waals surface area contributed by atoms with Crippen LogP contribution >= 0.6 is 0 Å². The van der Waals surface area contributed by atoms with Crippen LogP contribution in [0.15, 0.2) is 18.2 Å². The molecule has 1 atom stereocenters. The standard InChI is InChI=1S/C17H24FNO/c1-3-5-14-6-4-10-19(11-9-14)17(20)15-12-13(2)7-8-16(15)18/h7-8,12,14H,3-6,9-11H2,1-2H3. The first kappa shape index (κ1) is 15.0. The highest BCUT2D eigenvalue weighted by molar-refractivity contribution is 5.94. The molecule has 0 aliphatic carbocycles. The monoisotopic (exact) mass is 277 g/mol. The van der Waals surface area contributed by atoms with Crippen LogP contribution in [0.25, 0.3) is 0 Å². The molecule has 2 rings (SSSR count). The molecule has 1 saturated heterocycles. The molecule has 20 heavy (non-hydrogen) atoms. The summed E-state index contributed by atoms with van der Waals surface area (Å²) in [6.07, 6.45) is 5.71. The van der Waals surface area contributed by atoms with Crippen LogP contribution in [-0.2, 0) is 0 Å². The van der Waals surface area contributed by atoms with Crippen molar-refractivity contribution in [2.75, 3.05) is 13.1 Å². The Labute approximate surface area is 121 Å². The molecular weight excluding hydrogens is 253 g/mol. The molecule has 1 aliphatic heterocycles. The molecule has 0 aromatic heterocycles. The van der Waals surface area contributed by atoms with Gasteiger partial charge in [0.05, 0.1) is 5.56 Å². The number of aryl methyl sites for hydroxylation is 1. The fourth-order valence-electron chi connectivity index (χ4n) is 3.04. The Morgan fingerprint density at radius 3 is 2.90 bits per heavy atom. The van der Waals surface area contributed by atoms with E-state index >= 15 is 0 Å². The summed E-state index contributed by atoms with van der Waals surface area (Å²) in [7, 11) is 0. The molecule has 110 valence electrons. The third-order valence-corrected chi connectivity index (χ3v) is 4.18. The van der Waals surface area contributed by atoms with E-state index in [-0.39, 0.29) is 11.5 Å². The quantitative estimate of drug-likeness (QED) is 0.811. The highest BCUT2D eigenvalue weighted by atomic mass is 19.1. The summed E-state index contributed by atoms with van der Waals surface area (Å²) in [6, 6.07) is 4.75. The lowest BCUT2D eigenvalue weighted by atomic mass is 9.96. The van der Waals surface area contributed by atoms with Gasteiger partial charge in [0.15, 0.2) is 0 Å². The van der Waals surface area contributed by atoms with Gasteiger partial charge < -0.3 is 4.90 Å². The van der Waals surface area contributed by atoms with Gasteiger partial charge in [0.2, 0.25) is 0 Å². The number of carbonyl (C=O) groups excluding carboxylic acids is 1. The van der Waals surface area contributed by atoms with Crippen LogP contribution in [0.4, 0.5) is 4.39 Å². The Kier molecular flexibility index (Phi) is 5.16. The minimum Gasteiger partial charge on any atom is -0.339 e. The molecule has 0 N–H and O–H groups in total. The van der Waals surface area contributed by atoms with Crippen LogP contribution in [0.2, 0.25) is 0 Å². The average molecular weight is 277 g/mol. The van der Waals surface area contributed by atoms with Crippen LogP contribution in [0, 0.1) is 18.7 Å². The van der Waals surface area contributed by atoms with Crippen molar-refractivity contribution in [3.63, 3.8) is 0 Å². The highest BCUT2D eigenvalue weighted by Gasteiger charge is 2.23. The van der Waals surface area contributed by atoms with Gasteiger partial charge >= 0.3 is 0 Å². The summed E-state index contributed by atoms with van der Waals surface area (Å²) in [6.45, 7) is 5.61. The fraction of sp³-hybridized carbons (Fsp3) is 0.588. The van der Waals surface area contributed by atoms with Crippen molar-refractivity contribution in [3.05, 3.63) is 35.1 Å². The summed E-state index contributed by atoms with van der Waals surface area (Å²) in [5.74, 6) is 0.165. The predicted molar refractivity (Wildman–Crippen MR) is 79.3 cm³/mol. The maximum absolute atomic E-state index is 13.8. The zero-order valence-corrected chi connectivity index (χ0v) is 12.5. The largest absolute Gasteiger partial charge is 0.339 e. The number of rotatable bonds is 3. The zero-order valence-electron chi connectivity index (χ0n) is 12.5. The average Bonchev–Trinajstić information content (AvgIpc) is 2.67. The van der Waals surface area contributed by atoms with Gasteiger partial charge in [-0.05, 0) is 44.2 Å². The second-order valence-corrected chi connectivity index (χ2v) is 5.86. The smallest absolute Gasteiger partial charge is 0.256 e. The molecule has 0 radical (unpaired) electrons. The number of halogens is 1. The third kappa shape index (κ3) is 3.59. The first-order valence-corrected chi connectivity index (χ1v) is 7.67. The summed E-state index contributed by atoms with van der Waals surface area (Å²) in [5.41, 5.74) is 1.15. The van der Waals surface area contributed by atoms with Crippen molar-refractivity contribution in [3.8, 4) is 0 Å². The Hall–Kier alpha value is -1.38. The van der Waals surface area contributed by atoms with Crippen LogP contribution in [0.3, 0.4) is 0 Å². The fourth-order valence-corrected chi connectivity index (χ4v) is 3.04. The summed E-state index contributed by atoms with van der Waals surface area (Å²) in [4.78, 5) is 14.3. The molecule has 0 saturated carbocycles. The molecule has 3 heteroatoms. The minimum atomic E-state index is -0.407. The first-order chi connectivity index (χ1) is 9.61. The summed E-state index contributed by atoms with van der Waals surface area (Å²) >= 11 is 0. The van der Waals surface area contributed by atoms with Gasteiger partial charge in [0, 0.05) is 13.1 Å². The summed E-state index contributed by atoms with van der Waals surface area (Å²) < 4.78 is 13.8. The van der Waals surface area contributed by atoms with Crippen molar-refractivity contribution in [1.29, 1.82) is 0 Å². The Bertz CT molecular complexity index is 472. The van der Waals surface area contributed by atoms with E-state index in [4.69, 9.17) is 0 Å². The number of benzene rings is 1. The second kappa shape index (κ2) is 6.87. The van der Waals surface area contributed by atoms with E-state index in [9.17, 15) is 9.18 Å². The molecule has 1 fully saturated rings. The van der Waals surface area contributed by atoms with E-state index in [1.807, 2.05) is 11.8 Å². The predicted octanol–water partition coefficient (Wildman–Crippen LogP) is 4.18. The molecular formula is C17H24FNO. The zero-order chi connectivity index (χ0) is 14.5. The lowest BCUT2D eigenvalue weighted by Crippen LogP contribution is -2.32. The Balaban J connectivity index is 2.07. The van der Waals surface area contributed by atoms with Gasteiger partial charge in [-0.25, -0.2) is 4.39 Å². The lowest BCUT2D eigenvalue weighted by Gasteiger charge is -2.21. The van der Waals surface area contributed by atoms with Gasteiger partial charge in [0.1, 0.15) is 5.82 Å². The Morgan fingerprint density at radius 1 is 1.35 bits per heavy atom. The van der Waals surface area contributed by atoms with Crippen LogP contribution in [0.1, 0.15) is 54.9 Å². The topological polar surface area (TPSA) is 20.3 Å². The van der Waals surface area contributed by atoms with Crippen molar-refractivity contribution in [2.45, 2.75) is 46.0 Å². The van der Waals surface area contributed by atoms with E-state index < -0.39 is 5.82 Å². The second-order valence-electron chi connectivity index (χ2n) is 5.86. The number of hydrogen-bond acceptors (Lipinski definition) is 1. The van der Waals surface area contributed by atoms with E-state index in [0.29, 0.717) is 0 Å². The molecule has 1 heterocycles. The van der Waals surface area contributed by atoms with Crippen molar-refractivity contribution >= 4 is 5.91 Å². The van der Waals surface area contributed by atoms with E-state index in [1.165, 1.54) is 25.3 Å². The SMILES string of the molecule is CCCC1CCCN(C(=O)c2cc(C)ccc2F)CC1. The van der Waals surface area contributed by atoms with Crippen molar-refractivity contribution in [2.24, 2.45) is 5.92 Å². The number of amides is 1. The molecule has 1 amide bonds. The lowest BCUT2D eigenvalue weighted by molar-refractivity contribution is 0.0755. The van der Waals surface area contributed by atoms with Crippen molar-refractivity contribution < 1.29 is 9.18 Å². The Morgan fingerprint density at radius 2 is 2.15 bits per heavy atom. The number of carbonyl (C=O) groups is 1. The summed E-state index contributed by atoms with van der Waals surface area (Å²) in [5, 5.41) is 0. The molecule has 1 unspecified atom stereocenters. The molecule has 1 aliphatic rings. The number of likely N-dealkylation sites (tertiary alicyclic amines) is 1. The van der Waals surface area contributed by atoms with Crippen molar-refractivity contribution in [1.82, 2.24) is 4.90 Å². The normalized spacial score (nSPS) is 19.8.